The molecule has 0 saturated heterocycles. The van der Waals surface area contributed by atoms with E-state index < -0.39 is 63.3 Å². The van der Waals surface area contributed by atoms with Crippen LogP contribution in [-0.4, -0.2) is 27.6 Å². The zero-order valence-corrected chi connectivity index (χ0v) is 20.2. The minimum Gasteiger partial charge on any atom is -0.478 e. The number of terminal acetylenes is 1. The van der Waals surface area contributed by atoms with E-state index in [9.17, 15) is 36.6 Å². The number of rotatable bonds is 5. The Morgan fingerprint density at radius 2 is 1.79 bits per heavy atom. The van der Waals surface area contributed by atoms with Crippen LogP contribution in [0.3, 0.4) is 0 Å². The van der Waals surface area contributed by atoms with E-state index in [1.807, 2.05) is 0 Å². The number of aromatic carboxylic acids is 1. The fourth-order valence-electron chi connectivity index (χ4n) is 5.17. The summed E-state index contributed by atoms with van der Waals surface area (Å²) in [5.74, 6) is -9.59. The summed E-state index contributed by atoms with van der Waals surface area (Å²) in [4.78, 5) is 33.2. The van der Waals surface area contributed by atoms with Crippen LogP contribution in [0.15, 0.2) is 35.1 Å². The van der Waals surface area contributed by atoms with Crippen LogP contribution in [-0.2, 0) is 6.42 Å². The number of benzene rings is 3. The number of halogens is 5. The lowest BCUT2D eigenvalue weighted by Crippen LogP contribution is -2.30. The highest BCUT2D eigenvalue weighted by Gasteiger charge is 2.35. The summed E-state index contributed by atoms with van der Waals surface area (Å²) in [5, 5.41) is 10.2. The fraction of sp³-hybridized carbons (Fsp3) is 0.179. The molecule has 198 valence electrons. The molecule has 0 saturated carbocycles. The number of aromatic nitrogens is 2. The van der Waals surface area contributed by atoms with E-state index in [1.54, 1.807) is 19.1 Å². The number of fused-ring (bicyclic) bond motifs is 2. The number of H-pyrrole nitrogens is 1. The third-order valence-electron chi connectivity index (χ3n) is 6.80. The molecule has 0 spiro atoms. The third-order valence-corrected chi connectivity index (χ3v) is 6.80. The summed E-state index contributed by atoms with van der Waals surface area (Å²) >= 11 is 0. The van der Waals surface area contributed by atoms with Gasteiger partial charge in [-0.3, -0.25) is 4.79 Å². The van der Waals surface area contributed by atoms with Crippen molar-refractivity contribution in [2.45, 2.75) is 25.8 Å². The molecule has 1 aromatic heterocycles. The lowest BCUT2D eigenvalue weighted by Gasteiger charge is -2.33. The van der Waals surface area contributed by atoms with Crippen molar-refractivity contribution in [3.05, 3.63) is 92.3 Å². The molecule has 39 heavy (non-hydrogen) atoms. The quantitative estimate of drug-likeness (QED) is 0.153. The first-order chi connectivity index (χ1) is 18.5. The van der Waals surface area contributed by atoms with Crippen LogP contribution in [0.1, 0.15) is 39.8 Å². The number of aromatic amines is 1. The number of carboxylic acid groups (broad SMARTS) is 1. The highest BCUT2D eigenvalue weighted by Crippen LogP contribution is 2.45. The predicted octanol–water partition coefficient (Wildman–Crippen LogP) is 5.42. The van der Waals surface area contributed by atoms with Gasteiger partial charge in [-0.25, -0.2) is 31.7 Å². The molecule has 0 aliphatic heterocycles. The number of carboxylic acids is 1. The standard InChI is InChI=1S/C28H18F5N3O3/c1-3-9-36(19-8-7-13-10-18-17(11-16(13)19)27(37)35-12(2)34-18)26-14(5-4-6-15(26)28(38)39)20-21(29)23(31)25(33)24(32)22(20)30/h1,4-6,10-11,19H,7-9H2,2H3,(H,38,39)(H,34,35,37)/t19-/m1/s1. The van der Waals surface area contributed by atoms with Crippen molar-refractivity contribution in [3.63, 3.8) is 0 Å². The Morgan fingerprint density at radius 1 is 1.13 bits per heavy atom. The third kappa shape index (κ3) is 4.09. The van der Waals surface area contributed by atoms with E-state index in [2.05, 4.69) is 15.9 Å². The van der Waals surface area contributed by atoms with Gasteiger partial charge < -0.3 is 15.0 Å². The molecule has 0 unspecified atom stereocenters. The Labute approximate surface area is 217 Å². The largest absolute Gasteiger partial charge is 0.478 e. The predicted molar refractivity (Wildman–Crippen MR) is 133 cm³/mol. The smallest absolute Gasteiger partial charge is 0.337 e. The van der Waals surface area contributed by atoms with Crippen molar-refractivity contribution < 1.29 is 31.9 Å². The zero-order valence-electron chi connectivity index (χ0n) is 20.2. The number of nitrogens with zero attached hydrogens (tertiary/aromatic N) is 2. The van der Waals surface area contributed by atoms with E-state index in [0.29, 0.717) is 29.7 Å². The molecule has 3 aromatic carbocycles. The van der Waals surface area contributed by atoms with E-state index in [1.165, 1.54) is 4.90 Å². The number of aryl methyl sites for hydroxylation is 2. The van der Waals surface area contributed by atoms with Gasteiger partial charge in [0, 0.05) is 5.56 Å². The van der Waals surface area contributed by atoms with Gasteiger partial charge in [0.25, 0.3) is 5.56 Å². The molecule has 1 aliphatic rings. The summed E-state index contributed by atoms with van der Waals surface area (Å²) in [7, 11) is 0. The summed E-state index contributed by atoms with van der Waals surface area (Å²) in [6.45, 7) is 1.35. The molecule has 1 heterocycles. The molecule has 0 bridgehead atoms. The van der Waals surface area contributed by atoms with E-state index in [-0.39, 0.29) is 17.6 Å². The maximum absolute atomic E-state index is 14.9. The second kappa shape index (κ2) is 9.54. The van der Waals surface area contributed by atoms with Gasteiger partial charge in [0.15, 0.2) is 23.3 Å². The molecule has 2 N–H and O–H groups in total. The van der Waals surface area contributed by atoms with Crippen LogP contribution in [0, 0.1) is 48.4 Å². The van der Waals surface area contributed by atoms with Gasteiger partial charge in [0.1, 0.15) is 5.82 Å². The Hall–Kier alpha value is -4.72. The van der Waals surface area contributed by atoms with Gasteiger partial charge in [0.2, 0.25) is 5.82 Å². The lowest BCUT2D eigenvalue weighted by atomic mass is 9.95. The minimum atomic E-state index is -2.34. The van der Waals surface area contributed by atoms with Crippen molar-refractivity contribution in [2.24, 2.45) is 0 Å². The lowest BCUT2D eigenvalue weighted by molar-refractivity contribution is 0.0697. The molecule has 1 atom stereocenters. The number of nitrogens with one attached hydrogen (secondary N) is 1. The number of hydrogen-bond acceptors (Lipinski definition) is 4. The number of hydrogen-bond donors (Lipinski definition) is 2. The molecular weight excluding hydrogens is 521 g/mol. The number of carbonyl (C=O) groups is 1. The summed E-state index contributed by atoms with van der Waals surface area (Å²) in [6, 6.07) is 5.98. The molecular formula is C28H18F5N3O3. The molecule has 1 aliphatic carbocycles. The Bertz CT molecular complexity index is 1770. The van der Waals surface area contributed by atoms with Gasteiger partial charge in [-0.1, -0.05) is 18.1 Å². The summed E-state index contributed by atoms with van der Waals surface area (Å²) in [6.07, 6.45) is 6.43. The SMILES string of the molecule is C#CCN(c1c(C(=O)O)cccc1-c1c(F)c(F)c(F)c(F)c1F)[C@@H]1CCc2cc3nc(C)[nH]c(=O)c3cc21. The first-order valence-electron chi connectivity index (χ1n) is 11.7. The summed E-state index contributed by atoms with van der Waals surface area (Å²) < 4.78 is 72.1. The minimum absolute atomic E-state index is 0.262. The second-order valence-electron chi connectivity index (χ2n) is 9.06. The highest BCUT2D eigenvalue weighted by atomic mass is 19.2. The van der Waals surface area contributed by atoms with E-state index in [4.69, 9.17) is 6.42 Å². The molecule has 5 rings (SSSR count). The zero-order chi connectivity index (χ0) is 28.2. The molecule has 4 aromatic rings. The summed E-state index contributed by atoms with van der Waals surface area (Å²) in [5.41, 5.74) is -1.16. The Morgan fingerprint density at radius 3 is 2.44 bits per heavy atom. The Kier molecular flexibility index (Phi) is 6.34. The monoisotopic (exact) mass is 539 g/mol. The van der Waals surface area contributed by atoms with Gasteiger partial charge in [-0.15, -0.1) is 6.42 Å². The Balaban J connectivity index is 1.79. The maximum Gasteiger partial charge on any atom is 0.337 e. The normalized spacial score (nSPS) is 14.3. The number of anilines is 1. The first-order valence-corrected chi connectivity index (χ1v) is 11.7. The second-order valence-corrected chi connectivity index (χ2v) is 9.06. The molecule has 6 nitrogen and oxygen atoms in total. The van der Waals surface area contributed by atoms with Gasteiger partial charge in [-0.2, -0.15) is 0 Å². The fourth-order valence-corrected chi connectivity index (χ4v) is 5.17. The van der Waals surface area contributed by atoms with Crippen LogP contribution in [0.4, 0.5) is 27.6 Å². The molecule has 0 radical (unpaired) electrons. The van der Waals surface area contributed by atoms with Crippen molar-refractivity contribution >= 4 is 22.6 Å². The van der Waals surface area contributed by atoms with Crippen molar-refractivity contribution in [1.29, 1.82) is 0 Å². The topological polar surface area (TPSA) is 86.3 Å². The van der Waals surface area contributed by atoms with Gasteiger partial charge >= 0.3 is 5.97 Å². The van der Waals surface area contributed by atoms with Gasteiger partial charge in [-0.05, 0) is 49.1 Å². The van der Waals surface area contributed by atoms with Crippen LogP contribution >= 0.6 is 0 Å². The molecule has 11 heteroatoms. The van der Waals surface area contributed by atoms with Crippen LogP contribution in [0.5, 0.6) is 0 Å². The maximum atomic E-state index is 14.9. The van der Waals surface area contributed by atoms with E-state index >= 15 is 0 Å². The van der Waals surface area contributed by atoms with Crippen molar-refractivity contribution in [2.75, 3.05) is 11.4 Å². The van der Waals surface area contributed by atoms with Crippen LogP contribution in [0.2, 0.25) is 0 Å². The molecule has 0 amide bonds. The highest BCUT2D eigenvalue weighted by molar-refractivity contribution is 6.00. The average Bonchev–Trinajstić information content (AvgIpc) is 3.31. The van der Waals surface area contributed by atoms with Gasteiger partial charge in [0.05, 0.1) is 40.3 Å². The van der Waals surface area contributed by atoms with Crippen LogP contribution < -0.4 is 10.5 Å². The average molecular weight is 539 g/mol. The van der Waals surface area contributed by atoms with Crippen molar-refractivity contribution in [1.82, 2.24) is 9.97 Å². The molecule has 0 fully saturated rings. The van der Waals surface area contributed by atoms with Crippen LogP contribution in [0.25, 0.3) is 22.0 Å². The first kappa shape index (κ1) is 25.9. The number of para-hydroxylation sites is 1. The van der Waals surface area contributed by atoms with Crippen molar-refractivity contribution in [3.8, 4) is 23.5 Å². The van der Waals surface area contributed by atoms with E-state index in [0.717, 1.165) is 23.8 Å².